The highest BCUT2D eigenvalue weighted by Gasteiger charge is 2.48. The zero-order chi connectivity index (χ0) is 30.5. The lowest BCUT2D eigenvalue weighted by Crippen LogP contribution is -2.43. The quantitative estimate of drug-likeness (QED) is 0.361. The minimum absolute atomic E-state index is 0.0903. The van der Waals surface area contributed by atoms with Crippen molar-refractivity contribution in [3.63, 3.8) is 0 Å². The van der Waals surface area contributed by atoms with Crippen LogP contribution in [0.3, 0.4) is 0 Å². The summed E-state index contributed by atoms with van der Waals surface area (Å²) < 4.78 is 12.8. The van der Waals surface area contributed by atoms with Gasteiger partial charge in [0.1, 0.15) is 17.7 Å². The molecule has 2 aliphatic heterocycles. The second-order valence-corrected chi connectivity index (χ2v) is 11.6. The molecule has 2 aliphatic carbocycles. The van der Waals surface area contributed by atoms with Crippen LogP contribution in [0.15, 0.2) is 6.33 Å². The number of nitrogen functional groups attached to an aromatic ring is 1. The van der Waals surface area contributed by atoms with Gasteiger partial charge in [-0.05, 0) is 56.3 Å². The number of amides is 2. The highest BCUT2D eigenvalue weighted by molar-refractivity contribution is 5.83. The fourth-order valence-electron chi connectivity index (χ4n) is 5.85. The van der Waals surface area contributed by atoms with Crippen LogP contribution in [0.1, 0.15) is 83.7 Å². The van der Waals surface area contributed by atoms with E-state index in [1.807, 2.05) is 13.8 Å². The number of aliphatic hydroxyl groups is 2. The molecule has 4 aliphatic rings. The lowest BCUT2D eigenvalue weighted by Gasteiger charge is -2.30. The summed E-state index contributed by atoms with van der Waals surface area (Å²) >= 11 is 0. The molecule has 0 bridgehead atoms. The van der Waals surface area contributed by atoms with Crippen LogP contribution in [0.4, 0.5) is 10.6 Å². The van der Waals surface area contributed by atoms with Crippen LogP contribution in [0.2, 0.25) is 0 Å². The molecular formula is C30H43N7O6. The van der Waals surface area contributed by atoms with E-state index in [1.54, 1.807) is 4.90 Å². The topological polar surface area (TPSA) is 178 Å². The summed E-state index contributed by atoms with van der Waals surface area (Å²) in [5, 5.41) is 24.0. The van der Waals surface area contributed by atoms with E-state index < -0.39 is 30.4 Å². The SMILES string of the molecule is CC.Nc1nc(C#CCC2CCN(C(=O)OCC3CCCC3)CC2)nc2c1ncn2[C@@H]1O[C@H](C(=O)NC2CC2)C(O)[C@@H]1O. The molecule has 5 N–H and O–H groups in total. The number of aliphatic hydroxyl groups excluding tert-OH is 2. The standard InChI is InChI=1S/C28H37N7O6.C2H6/c29-24-20-25(35(15-30-20)27-22(37)21(36)23(41-27)26(38)31-18-8-9-18)33-19(32-24)7-3-6-16-10-12-34(13-11-16)28(39)40-14-17-4-1-2-5-17;1-2/h15-18,21-23,27,36-37H,1-2,4-6,8-14H2,(H,31,38)(H2,29,32,33);1-2H3/t21?,22-,23-,27+;/m0./s1. The van der Waals surface area contributed by atoms with E-state index in [9.17, 15) is 19.8 Å². The predicted octanol–water partition coefficient (Wildman–Crippen LogP) is 2.11. The van der Waals surface area contributed by atoms with Gasteiger partial charge in [-0.15, -0.1) is 0 Å². The van der Waals surface area contributed by atoms with Gasteiger partial charge >= 0.3 is 6.09 Å². The minimum atomic E-state index is -1.41. The predicted molar refractivity (Wildman–Crippen MR) is 157 cm³/mol. The number of aromatic nitrogens is 4. The maximum absolute atomic E-state index is 12.5. The van der Waals surface area contributed by atoms with E-state index in [1.165, 1.54) is 23.7 Å². The zero-order valence-electron chi connectivity index (χ0n) is 24.9. The van der Waals surface area contributed by atoms with Crippen LogP contribution in [0.5, 0.6) is 0 Å². The smallest absolute Gasteiger partial charge is 0.409 e. The number of hydrogen-bond donors (Lipinski definition) is 4. The molecule has 0 spiro atoms. The molecule has 2 saturated heterocycles. The molecule has 0 aromatic carbocycles. The Morgan fingerprint density at radius 2 is 1.79 bits per heavy atom. The van der Waals surface area contributed by atoms with Crippen molar-refractivity contribution in [2.45, 2.75) is 102 Å². The van der Waals surface area contributed by atoms with E-state index in [2.05, 4.69) is 32.1 Å². The van der Waals surface area contributed by atoms with Gasteiger partial charge in [-0.3, -0.25) is 9.36 Å². The number of anilines is 1. The van der Waals surface area contributed by atoms with Crippen molar-refractivity contribution >= 4 is 29.0 Å². The number of rotatable bonds is 6. The van der Waals surface area contributed by atoms with Crippen molar-refractivity contribution in [1.82, 2.24) is 29.7 Å². The Morgan fingerprint density at radius 1 is 1.07 bits per heavy atom. The van der Waals surface area contributed by atoms with Crippen LogP contribution >= 0.6 is 0 Å². The minimum Gasteiger partial charge on any atom is -0.449 e. The van der Waals surface area contributed by atoms with Crippen molar-refractivity contribution in [3.05, 3.63) is 12.2 Å². The Labute approximate surface area is 251 Å². The van der Waals surface area contributed by atoms with Gasteiger partial charge in [0.2, 0.25) is 5.82 Å². The Kier molecular flexibility index (Phi) is 10.00. The van der Waals surface area contributed by atoms with E-state index in [4.69, 9.17) is 15.2 Å². The first-order valence-corrected chi connectivity index (χ1v) is 15.6. The number of ether oxygens (including phenoxy) is 2. The molecule has 234 valence electrons. The normalized spacial score (nSPS) is 26.0. The molecule has 4 fully saturated rings. The Balaban J connectivity index is 0.00000180. The number of carbonyl (C=O) groups excluding carboxylic acids is 2. The maximum Gasteiger partial charge on any atom is 0.409 e. The van der Waals surface area contributed by atoms with Crippen LogP contribution in [0.25, 0.3) is 11.2 Å². The summed E-state index contributed by atoms with van der Waals surface area (Å²) in [5.41, 5.74) is 6.72. The molecule has 0 radical (unpaired) electrons. The van der Waals surface area contributed by atoms with Crippen LogP contribution in [0, 0.1) is 23.7 Å². The summed E-state index contributed by atoms with van der Waals surface area (Å²) in [6, 6.07) is 0.0903. The number of nitrogens with two attached hydrogens (primary N) is 1. The molecule has 6 rings (SSSR count). The third kappa shape index (κ3) is 7.20. The summed E-state index contributed by atoms with van der Waals surface area (Å²) in [4.78, 5) is 39.7. The Morgan fingerprint density at radius 3 is 2.49 bits per heavy atom. The fraction of sp³-hybridized carbons (Fsp3) is 0.700. The number of imidazole rings is 1. The summed E-state index contributed by atoms with van der Waals surface area (Å²) in [6.07, 6.45) is 4.94. The van der Waals surface area contributed by atoms with Gasteiger partial charge in [0.15, 0.2) is 23.8 Å². The molecule has 2 aromatic rings. The average Bonchev–Trinajstić information content (AvgIpc) is 3.37. The lowest BCUT2D eigenvalue weighted by atomic mass is 9.94. The monoisotopic (exact) mass is 597 g/mol. The molecule has 13 nitrogen and oxygen atoms in total. The van der Waals surface area contributed by atoms with Crippen molar-refractivity contribution < 1.29 is 29.3 Å². The van der Waals surface area contributed by atoms with Crippen LogP contribution in [-0.4, -0.2) is 90.7 Å². The maximum atomic E-state index is 12.5. The second-order valence-electron chi connectivity index (χ2n) is 11.6. The Bertz CT molecular complexity index is 1340. The molecule has 43 heavy (non-hydrogen) atoms. The number of hydrogen-bond acceptors (Lipinski definition) is 10. The van der Waals surface area contributed by atoms with Gasteiger partial charge in [-0.25, -0.2) is 19.7 Å². The van der Waals surface area contributed by atoms with Gasteiger partial charge in [-0.1, -0.05) is 32.6 Å². The molecule has 4 heterocycles. The number of carbonyl (C=O) groups is 2. The van der Waals surface area contributed by atoms with Crippen molar-refractivity contribution in [2.24, 2.45) is 11.8 Å². The molecule has 2 aromatic heterocycles. The van der Waals surface area contributed by atoms with E-state index in [0.29, 0.717) is 43.5 Å². The fourth-order valence-corrected chi connectivity index (χ4v) is 5.85. The van der Waals surface area contributed by atoms with Crippen molar-refractivity contribution in [1.29, 1.82) is 0 Å². The first kappa shape index (κ1) is 31.0. The van der Waals surface area contributed by atoms with Gasteiger partial charge in [0, 0.05) is 25.6 Å². The summed E-state index contributed by atoms with van der Waals surface area (Å²) in [6.45, 7) is 5.83. The Hall–Kier alpha value is -3.47. The number of fused-ring (bicyclic) bond motifs is 1. The molecule has 13 heteroatoms. The third-order valence-corrected chi connectivity index (χ3v) is 8.52. The highest BCUT2D eigenvalue weighted by Crippen LogP contribution is 2.33. The van der Waals surface area contributed by atoms with Gasteiger partial charge in [0.25, 0.3) is 5.91 Å². The van der Waals surface area contributed by atoms with E-state index in [0.717, 1.165) is 38.5 Å². The third-order valence-electron chi connectivity index (χ3n) is 8.52. The number of nitrogens with zero attached hydrogens (tertiary/aromatic N) is 5. The zero-order valence-corrected chi connectivity index (χ0v) is 24.9. The molecule has 1 unspecified atom stereocenters. The largest absolute Gasteiger partial charge is 0.449 e. The first-order valence-electron chi connectivity index (χ1n) is 15.6. The van der Waals surface area contributed by atoms with Crippen LogP contribution in [-0.2, 0) is 14.3 Å². The second kappa shape index (κ2) is 13.9. The van der Waals surface area contributed by atoms with Crippen LogP contribution < -0.4 is 11.1 Å². The van der Waals surface area contributed by atoms with Gasteiger partial charge in [-0.2, -0.15) is 0 Å². The number of likely N-dealkylation sites (tertiary alicyclic amines) is 1. The van der Waals surface area contributed by atoms with E-state index in [-0.39, 0.29) is 29.4 Å². The van der Waals surface area contributed by atoms with Gasteiger partial charge < -0.3 is 35.6 Å². The molecular weight excluding hydrogens is 554 g/mol. The summed E-state index contributed by atoms with van der Waals surface area (Å²) in [5.74, 6) is 6.84. The molecule has 4 atom stereocenters. The highest BCUT2D eigenvalue weighted by atomic mass is 16.6. The lowest BCUT2D eigenvalue weighted by molar-refractivity contribution is -0.137. The van der Waals surface area contributed by atoms with Gasteiger partial charge in [0.05, 0.1) is 12.9 Å². The van der Waals surface area contributed by atoms with Crippen molar-refractivity contribution in [2.75, 3.05) is 25.4 Å². The molecule has 2 saturated carbocycles. The number of nitrogens with one attached hydrogen (secondary N) is 1. The average molecular weight is 598 g/mol. The summed E-state index contributed by atoms with van der Waals surface area (Å²) in [7, 11) is 0. The van der Waals surface area contributed by atoms with E-state index >= 15 is 0 Å². The number of piperidine rings is 1. The molecule has 2 amide bonds. The van der Waals surface area contributed by atoms with Crippen molar-refractivity contribution in [3.8, 4) is 11.8 Å². The first-order chi connectivity index (χ1) is 20.9.